The van der Waals surface area contributed by atoms with Crippen molar-refractivity contribution in [3.05, 3.63) is 66.2 Å². The molecule has 2 rings (SSSR count). The van der Waals surface area contributed by atoms with Gasteiger partial charge >= 0.3 is 5.97 Å². The molecule has 0 radical (unpaired) electrons. The Kier molecular flexibility index (Phi) is 6.98. The molecular formula is C19H18O4S. The van der Waals surface area contributed by atoms with Crippen molar-refractivity contribution in [1.29, 1.82) is 0 Å². The molecule has 0 spiro atoms. The molecule has 0 atom stereocenters. The molecule has 0 bridgehead atoms. The lowest BCUT2D eigenvalue weighted by Crippen LogP contribution is -2.06. The Labute approximate surface area is 146 Å². The summed E-state index contributed by atoms with van der Waals surface area (Å²) >= 11 is 4.59. The van der Waals surface area contributed by atoms with E-state index in [0.29, 0.717) is 12.4 Å². The average molecular weight is 342 g/mol. The maximum Gasteiger partial charge on any atom is 0.331 e. The summed E-state index contributed by atoms with van der Waals surface area (Å²) in [5.74, 6) is 1.77. The van der Waals surface area contributed by atoms with Crippen molar-refractivity contribution in [2.75, 3.05) is 13.2 Å². The summed E-state index contributed by atoms with van der Waals surface area (Å²) in [6.07, 6.45) is 1.39. The summed E-state index contributed by atoms with van der Waals surface area (Å²) in [4.78, 5) is 11.4. The molecular weight excluding hydrogens is 324 g/mol. The van der Waals surface area contributed by atoms with Crippen molar-refractivity contribution in [2.24, 2.45) is 0 Å². The average Bonchev–Trinajstić information content (AvgIpc) is 2.60. The van der Waals surface area contributed by atoms with E-state index in [9.17, 15) is 4.79 Å². The number of benzene rings is 2. The van der Waals surface area contributed by atoms with Crippen LogP contribution >= 0.6 is 12.2 Å². The Hall–Kier alpha value is -2.66. The van der Waals surface area contributed by atoms with E-state index in [1.54, 1.807) is 6.92 Å². The highest BCUT2D eigenvalue weighted by Gasteiger charge is 2.01. The molecule has 0 aliphatic rings. The second-order valence-electron chi connectivity index (χ2n) is 4.96. The van der Waals surface area contributed by atoms with Gasteiger partial charge in [-0.25, -0.2) is 4.79 Å². The lowest BCUT2D eigenvalue weighted by atomic mass is 10.3. The van der Waals surface area contributed by atoms with E-state index in [2.05, 4.69) is 12.2 Å². The van der Waals surface area contributed by atoms with Gasteiger partial charge in [0.1, 0.15) is 30.5 Å². The number of thiocarbonyl (C=S) groups is 1. The number of rotatable bonds is 8. The molecule has 0 unspecified atom stereocenters. The molecule has 2 aromatic carbocycles. The van der Waals surface area contributed by atoms with Gasteiger partial charge in [0.05, 0.1) is 0 Å². The number of carbonyl (C=O) groups is 1. The molecule has 124 valence electrons. The standard InChI is InChI=1S/C19H18O4S/c1-15(13-19(20)21-11-12-24)14-22-16-7-9-18(10-8-16)23-17-5-3-2-4-6-17/h2-10,12-13H,11,14H2,1H3/b15-13+. The molecule has 24 heavy (non-hydrogen) atoms. The molecule has 0 heterocycles. The third-order valence-electron chi connectivity index (χ3n) is 2.93. The minimum Gasteiger partial charge on any atom is -0.489 e. The van der Waals surface area contributed by atoms with Crippen LogP contribution in [0, 0.1) is 0 Å². The van der Waals surface area contributed by atoms with Crippen LogP contribution in [-0.2, 0) is 9.53 Å². The summed E-state index contributed by atoms with van der Waals surface area (Å²) in [5.41, 5.74) is 0.758. The second-order valence-corrected chi connectivity index (χ2v) is 5.30. The highest BCUT2D eigenvalue weighted by atomic mass is 32.1. The lowest BCUT2D eigenvalue weighted by molar-refractivity contribution is -0.136. The van der Waals surface area contributed by atoms with E-state index in [4.69, 9.17) is 14.2 Å². The van der Waals surface area contributed by atoms with Crippen molar-refractivity contribution in [3.63, 3.8) is 0 Å². The number of hydrogen-bond acceptors (Lipinski definition) is 5. The minimum atomic E-state index is -0.427. The van der Waals surface area contributed by atoms with Crippen LogP contribution in [0.5, 0.6) is 17.2 Å². The highest BCUT2D eigenvalue weighted by molar-refractivity contribution is 7.79. The number of para-hydroxylation sites is 1. The second kappa shape index (κ2) is 9.47. The van der Waals surface area contributed by atoms with Gasteiger partial charge < -0.3 is 14.2 Å². The lowest BCUT2D eigenvalue weighted by Gasteiger charge is -2.08. The van der Waals surface area contributed by atoms with Crippen molar-refractivity contribution >= 4 is 23.6 Å². The molecule has 0 amide bonds. The maximum atomic E-state index is 11.4. The van der Waals surface area contributed by atoms with E-state index in [1.807, 2.05) is 54.6 Å². The number of carbonyl (C=O) groups excluding carboxylic acids is 1. The Morgan fingerprint density at radius 2 is 1.62 bits per heavy atom. The summed E-state index contributed by atoms with van der Waals surface area (Å²) in [5, 5.41) is 1.36. The molecule has 0 N–H and O–H groups in total. The zero-order chi connectivity index (χ0) is 17.2. The van der Waals surface area contributed by atoms with Crippen LogP contribution in [0.2, 0.25) is 0 Å². The van der Waals surface area contributed by atoms with Gasteiger partial charge in [0.15, 0.2) is 0 Å². The largest absolute Gasteiger partial charge is 0.489 e. The quantitative estimate of drug-likeness (QED) is 0.405. The fourth-order valence-corrected chi connectivity index (χ4v) is 1.89. The first-order valence-corrected chi connectivity index (χ1v) is 7.88. The Morgan fingerprint density at radius 1 is 1.00 bits per heavy atom. The first kappa shape index (κ1) is 17.7. The van der Waals surface area contributed by atoms with Crippen LogP contribution in [0.3, 0.4) is 0 Å². The van der Waals surface area contributed by atoms with Gasteiger partial charge in [0.25, 0.3) is 0 Å². The van der Waals surface area contributed by atoms with E-state index < -0.39 is 5.97 Å². The molecule has 0 fully saturated rings. The molecule has 0 saturated heterocycles. The first-order valence-electron chi connectivity index (χ1n) is 7.40. The van der Waals surface area contributed by atoms with Gasteiger partial charge in [-0.05, 0) is 48.9 Å². The van der Waals surface area contributed by atoms with Crippen molar-refractivity contribution < 1.29 is 19.0 Å². The zero-order valence-corrected chi connectivity index (χ0v) is 14.1. The summed E-state index contributed by atoms with van der Waals surface area (Å²) < 4.78 is 16.2. The van der Waals surface area contributed by atoms with Crippen LogP contribution in [0.25, 0.3) is 0 Å². The topological polar surface area (TPSA) is 44.8 Å². The molecule has 0 aliphatic heterocycles. The van der Waals surface area contributed by atoms with Crippen LogP contribution < -0.4 is 9.47 Å². The Balaban J connectivity index is 1.84. The van der Waals surface area contributed by atoms with Gasteiger partial charge in [-0.3, -0.25) is 0 Å². The summed E-state index contributed by atoms with van der Waals surface area (Å²) in [6, 6.07) is 16.8. The number of ether oxygens (including phenoxy) is 3. The predicted molar refractivity (Wildman–Crippen MR) is 96.8 cm³/mol. The fraction of sp³-hybridized carbons (Fsp3) is 0.158. The van der Waals surface area contributed by atoms with Crippen molar-refractivity contribution in [3.8, 4) is 17.2 Å². The molecule has 4 nitrogen and oxygen atoms in total. The van der Waals surface area contributed by atoms with E-state index >= 15 is 0 Å². The number of hydrogen-bond donors (Lipinski definition) is 0. The molecule has 2 aromatic rings. The van der Waals surface area contributed by atoms with Gasteiger partial charge in [-0.2, -0.15) is 0 Å². The normalized spacial score (nSPS) is 10.8. The monoisotopic (exact) mass is 342 g/mol. The molecule has 0 aromatic heterocycles. The van der Waals surface area contributed by atoms with Crippen LogP contribution in [0.15, 0.2) is 66.2 Å². The van der Waals surface area contributed by atoms with Crippen molar-refractivity contribution in [2.45, 2.75) is 6.92 Å². The SMILES string of the molecule is C/C(=C\C(=O)OCC=S)COc1ccc(Oc2ccccc2)cc1. The van der Waals surface area contributed by atoms with Crippen LogP contribution in [0.1, 0.15) is 6.92 Å². The van der Waals surface area contributed by atoms with E-state index in [1.165, 1.54) is 11.4 Å². The summed E-state index contributed by atoms with van der Waals surface area (Å²) in [7, 11) is 0. The first-order chi connectivity index (χ1) is 11.7. The van der Waals surface area contributed by atoms with Gasteiger partial charge in [-0.1, -0.05) is 30.4 Å². The Bertz CT molecular complexity index is 693. The van der Waals surface area contributed by atoms with E-state index in [-0.39, 0.29) is 6.61 Å². The fourth-order valence-electron chi connectivity index (χ4n) is 1.83. The third-order valence-corrected chi connectivity index (χ3v) is 3.06. The third kappa shape index (κ3) is 6.22. The zero-order valence-electron chi connectivity index (χ0n) is 13.3. The van der Waals surface area contributed by atoms with Gasteiger partial charge in [0.2, 0.25) is 0 Å². The minimum absolute atomic E-state index is 0.127. The molecule has 5 heteroatoms. The van der Waals surface area contributed by atoms with Gasteiger partial charge in [-0.15, -0.1) is 0 Å². The van der Waals surface area contributed by atoms with Crippen molar-refractivity contribution in [1.82, 2.24) is 0 Å². The Morgan fingerprint density at radius 3 is 2.29 bits per heavy atom. The molecule has 0 saturated carbocycles. The smallest absolute Gasteiger partial charge is 0.331 e. The summed E-state index contributed by atoms with van der Waals surface area (Å²) in [6.45, 7) is 2.22. The van der Waals surface area contributed by atoms with Gasteiger partial charge in [0, 0.05) is 11.4 Å². The van der Waals surface area contributed by atoms with Crippen LogP contribution in [-0.4, -0.2) is 24.6 Å². The highest BCUT2D eigenvalue weighted by Crippen LogP contribution is 2.23. The molecule has 0 aliphatic carbocycles. The maximum absolute atomic E-state index is 11.4. The van der Waals surface area contributed by atoms with Crippen LogP contribution in [0.4, 0.5) is 0 Å². The van der Waals surface area contributed by atoms with E-state index in [0.717, 1.165) is 17.1 Å². The predicted octanol–water partition coefficient (Wildman–Crippen LogP) is 4.35. The number of esters is 1.